The van der Waals surface area contributed by atoms with E-state index in [1.165, 1.54) is 21.3 Å². The predicted molar refractivity (Wildman–Crippen MR) is 60.1 cm³/mol. The largest absolute Gasteiger partial charge is 0.496 e. The highest BCUT2D eigenvalue weighted by Crippen LogP contribution is 2.21. The van der Waals surface area contributed by atoms with Crippen molar-refractivity contribution >= 4 is 11.9 Å². The highest BCUT2D eigenvalue weighted by molar-refractivity contribution is 5.93. The van der Waals surface area contributed by atoms with Gasteiger partial charge in [-0.1, -0.05) is 6.07 Å². The molecule has 92 valence electrons. The summed E-state index contributed by atoms with van der Waals surface area (Å²) in [7, 11) is 4.06. The van der Waals surface area contributed by atoms with Gasteiger partial charge in [0.1, 0.15) is 11.3 Å². The van der Waals surface area contributed by atoms with Gasteiger partial charge in [-0.2, -0.15) is 0 Å². The Kier molecular flexibility index (Phi) is 4.51. The summed E-state index contributed by atoms with van der Waals surface area (Å²) in [4.78, 5) is 22.6. The van der Waals surface area contributed by atoms with Crippen LogP contribution in [0, 0.1) is 0 Å². The minimum absolute atomic E-state index is 0.102. The van der Waals surface area contributed by atoms with Crippen molar-refractivity contribution < 1.29 is 23.8 Å². The maximum Gasteiger partial charge on any atom is 0.341 e. The molecule has 0 aliphatic heterocycles. The van der Waals surface area contributed by atoms with Gasteiger partial charge in [0, 0.05) is 0 Å². The number of esters is 2. The van der Waals surface area contributed by atoms with Crippen LogP contribution in [0.1, 0.15) is 15.9 Å². The van der Waals surface area contributed by atoms with E-state index in [1.54, 1.807) is 18.2 Å². The van der Waals surface area contributed by atoms with Crippen molar-refractivity contribution in [2.24, 2.45) is 0 Å². The van der Waals surface area contributed by atoms with E-state index in [2.05, 4.69) is 9.47 Å². The molecule has 1 aromatic rings. The predicted octanol–water partition coefficient (Wildman–Crippen LogP) is 1.20. The Morgan fingerprint density at radius 1 is 1.12 bits per heavy atom. The average molecular weight is 238 g/mol. The third-order valence-electron chi connectivity index (χ3n) is 2.25. The second-order valence-electron chi connectivity index (χ2n) is 3.28. The van der Waals surface area contributed by atoms with Gasteiger partial charge in [-0.05, 0) is 17.7 Å². The van der Waals surface area contributed by atoms with Crippen LogP contribution in [0.3, 0.4) is 0 Å². The van der Waals surface area contributed by atoms with Crippen LogP contribution in [-0.4, -0.2) is 33.3 Å². The second kappa shape index (κ2) is 5.89. The topological polar surface area (TPSA) is 61.8 Å². The summed E-state index contributed by atoms with van der Waals surface area (Å²) in [5.41, 5.74) is 0.953. The van der Waals surface area contributed by atoms with E-state index in [1.807, 2.05) is 0 Å². The zero-order valence-electron chi connectivity index (χ0n) is 9.98. The van der Waals surface area contributed by atoms with Crippen molar-refractivity contribution in [1.29, 1.82) is 0 Å². The van der Waals surface area contributed by atoms with Gasteiger partial charge in [-0.25, -0.2) is 4.79 Å². The number of hydrogen-bond donors (Lipinski definition) is 0. The van der Waals surface area contributed by atoms with Gasteiger partial charge in [0.15, 0.2) is 0 Å². The first-order valence-electron chi connectivity index (χ1n) is 4.94. The Morgan fingerprint density at radius 3 is 2.35 bits per heavy atom. The lowest BCUT2D eigenvalue weighted by molar-refractivity contribution is -0.139. The summed E-state index contributed by atoms with van der Waals surface area (Å²) < 4.78 is 14.2. The van der Waals surface area contributed by atoms with Crippen molar-refractivity contribution in [1.82, 2.24) is 0 Å². The minimum Gasteiger partial charge on any atom is -0.496 e. The van der Waals surface area contributed by atoms with Crippen molar-refractivity contribution in [3.05, 3.63) is 29.3 Å². The zero-order chi connectivity index (χ0) is 12.8. The highest BCUT2D eigenvalue weighted by Gasteiger charge is 2.14. The van der Waals surface area contributed by atoms with Crippen LogP contribution in [0.15, 0.2) is 18.2 Å². The Bertz CT molecular complexity index is 425. The highest BCUT2D eigenvalue weighted by atomic mass is 16.5. The van der Waals surface area contributed by atoms with E-state index in [0.29, 0.717) is 11.3 Å². The van der Waals surface area contributed by atoms with E-state index in [9.17, 15) is 9.59 Å². The smallest absolute Gasteiger partial charge is 0.341 e. The first-order chi connectivity index (χ1) is 8.12. The van der Waals surface area contributed by atoms with Gasteiger partial charge in [0.05, 0.1) is 27.8 Å². The molecular formula is C12H14O5. The molecule has 0 N–H and O–H groups in total. The van der Waals surface area contributed by atoms with Crippen LogP contribution in [0.25, 0.3) is 0 Å². The molecule has 1 aromatic carbocycles. The molecule has 0 radical (unpaired) electrons. The van der Waals surface area contributed by atoms with E-state index in [-0.39, 0.29) is 18.0 Å². The van der Waals surface area contributed by atoms with Gasteiger partial charge in [0.2, 0.25) is 0 Å². The summed E-state index contributed by atoms with van der Waals surface area (Å²) in [6.45, 7) is 0. The lowest BCUT2D eigenvalue weighted by Crippen LogP contribution is -2.08. The molecule has 0 unspecified atom stereocenters. The van der Waals surface area contributed by atoms with E-state index in [4.69, 9.17) is 4.74 Å². The summed E-state index contributed by atoms with van der Waals surface area (Å²) in [6, 6.07) is 4.87. The van der Waals surface area contributed by atoms with Crippen LogP contribution >= 0.6 is 0 Å². The standard InChI is InChI=1S/C12H14O5/c1-15-10-5-4-8(7-11(13)16-2)6-9(10)12(14)17-3/h4-6H,7H2,1-3H3. The second-order valence-corrected chi connectivity index (χ2v) is 3.28. The number of rotatable bonds is 4. The molecule has 0 amide bonds. The number of benzene rings is 1. The Labute approximate surface area is 99.3 Å². The number of ether oxygens (including phenoxy) is 3. The zero-order valence-corrected chi connectivity index (χ0v) is 9.98. The number of carbonyl (C=O) groups is 2. The molecule has 0 aromatic heterocycles. The Balaban J connectivity index is 3.04. The molecule has 0 saturated heterocycles. The number of hydrogen-bond acceptors (Lipinski definition) is 5. The molecule has 0 saturated carbocycles. The number of carbonyl (C=O) groups excluding carboxylic acids is 2. The lowest BCUT2D eigenvalue weighted by atomic mass is 10.1. The van der Waals surface area contributed by atoms with Crippen LogP contribution in [0.5, 0.6) is 5.75 Å². The molecule has 0 aliphatic rings. The third kappa shape index (κ3) is 3.21. The van der Waals surface area contributed by atoms with Crippen LogP contribution < -0.4 is 4.74 Å². The fourth-order valence-corrected chi connectivity index (χ4v) is 1.37. The van der Waals surface area contributed by atoms with E-state index >= 15 is 0 Å². The monoisotopic (exact) mass is 238 g/mol. The minimum atomic E-state index is -0.506. The summed E-state index contributed by atoms with van der Waals surface area (Å²) in [6.07, 6.45) is 0.102. The van der Waals surface area contributed by atoms with Crippen molar-refractivity contribution in [2.75, 3.05) is 21.3 Å². The molecule has 17 heavy (non-hydrogen) atoms. The van der Waals surface area contributed by atoms with Crippen LogP contribution in [0.4, 0.5) is 0 Å². The van der Waals surface area contributed by atoms with Crippen molar-refractivity contribution in [3.63, 3.8) is 0 Å². The molecule has 5 heteroatoms. The fraction of sp³-hybridized carbons (Fsp3) is 0.333. The van der Waals surface area contributed by atoms with Gasteiger partial charge >= 0.3 is 11.9 Å². The fourth-order valence-electron chi connectivity index (χ4n) is 1.37. The van der Waals surface area contributed by atoms with E-state index < -0.39 is 5.97 Å². The molecule has 0 aliphatic carbocycles. The molecule has 0 spiro atoms. The van der Waals surface area contributed by atoms with Gasteiger partial charge in [-0.3, -0.25) is 4.79 Å². The Morgan fingerprint density at radius 2 is 1.82 bits per heavy atom. The molecule has 0 fully saturated rings. The van der Waals surface area contributed by atoms with Crippen molar-refractivity contribution in [2.45, 2.75) is 6.42 Å². The molecule has 1 rings (SSSR count). The molecule has 5 nitrogen and oxygen atoms in total. The summed E-state index contributed by atoms with van der Waals surface area (Å²) in [5, 5.41) is 0. The quantitative estimate of drug-likeness (QED) is 0.737. The van der Waals surface area contributed by atoms with Gasteiger partial charge in [0.25, 0.3) is 0 Å². The SMILES string of the molecule is COC(=O)Cc1ccc(OC)c(C(=O)OC)c1. The first-order valence-corrected chi connectivity index (χ1v) is 4.94. The first kappa shape index (κ1) is 13.0. The summed E-state index contributed by atoms with van der Waals surface area (Å²) >= 11 is 0. The lowest BCUT2D eigenvalue weighted by Gasteiger charge is -2.08. The molecule has 0 bridgehead atoms. The maximum absolute atomic E-state index is 11.5. The normalized spacial score (nSPS) is 9.59. The van der Waals surface area contributed by atoms with Crippen LogP contribution in [-0.2, 0) is 20.7 Å². The van der Waals surface area contributed by atoms with Crippen molar-refractivity contribution in [3.8, 4) is 5.75 Å². The van der Waals surface area contributed by atoms with Gasteiger partial charge in [-0.15, -0.1) is 0 Å². The van der Waals surface area contributed by atoms with Crippen LogP contribution in [0.2, 0.25) is 0 Å². The molecule has 0 atom stereocenters. The maximum atomic E-state index is 11.5. The molecular weight excluding hydrogens is 224 g/mol. The van der Waals surface area contributed by atoms with Gasteiger partial charge < -0.3 is 14.2 Å². The van der Waals surface area contributed by atoms with E-state index in [0.717, 1.165) is 0 Å². The molecule has 0 heterocycles. The number of methoxy groups -OCH3 is 3. The summed E-state index contributed by atoms with van der Waals surface area (Å²) in [5.74, 6) is -0.468. The average Bonchev–Trinajstić information content (AvgIpc) is 2.37. The Hall–Kier alpha value is -2.04. The third-order valence-corrected chi connectivity index (χ3v) is 2.25.